The summed E-state index contributed by atoms with van der Waals surface area (Å²) >= 11 is 5.15. The van der Waals surface area contributed by atoms with Gasteiger partial charge in [0.05, 0.1) is 13.2 Å². The summed E-state index contributed by atoms with van der Waals surface area (Å²) in [6.45, 7) is 6.25. The summed E-state index contributed by atoms with van der Waals surface area (Å²) in [4.78, 5) is 15.1. The fourth-order valence-corrected chi connectivity index (χ4v) is 1.79. The number of likely N-dealkylation sites (N-methyl/N-ethyl adjacent to an activating group) is 1. The Morgan fingerprint density at radius 1 is 1.44 bits per heavy atom. The van der Waals surface area contributed by atoms with E-state index in [2.05, 4.69) is 0 Å². The van der Waals surface area contributed by atoms with Crippen LogP contribution in [0, 0.1) is 5.41 Å². The monoisotopic (exact) mass is 242 g/mol. The smallest absolute Gasteiger partial charge is 0.276 e. The van der Waals surface area contributed by atoms with Crippen LogP contribution in [-0.4, -0.2) is 46.1 Å². The van der Waals surface area contributed by atoms with Gasteiger partial charge in [0.2, 0.25) is 0 Å². The molecule has 1 heterocycles. The first kappa shape index (κ1) is 13.1. The molecule has 90 valence electrons. The topological polar surface area (TPSA) is 43.8 Å². The lowest BCUT2D eigenvalue weighted by Gasteiger charge is -2.16. The van der Waals surface area contributed by atoms with Gasteiger partial charge in [-0.1, -0.05) is 20.8 Å². The second-order valence-corrected chi connectivity index (χ2v) is 5.28. The average molecular weight is 242 g/mol. The first-order valence-electron chi connectivity index (χ1n) is 5.21. The Bertz CT molecular complexity index is 344. The van der Waals surface area contributed by atoms with Crippen molar-refractivity contribution in [2.75, 3.05) is 20.2 Å². The van der Waals surface area contributed by atoms with E-state index in [9.17, 15) is 4.79 Å². The molecule has 1 aliphatic rings. The van der Waals surface area contributed by atoms with Gasteiger partial charge in [0.1, 0.15) is 5.70 Å². The summed E-state index contributed by atoms with van der Waals surface area (Å²) in [7, 11) is 1.77. The summed E-state index contributed by atoms with van der Waals surface area (Å²) in [6.07, 6.45) is 1.90. The minimum Gasteiger partial charge on any atom is -0.395 e. The molecule has 16 heavy (non-hydrogen) atoms. The first-order valence-corrected chi connectivity index (χ1v) is 5.62. The number of β-amino-alcohol motifs (C(OH)–C–C–N with tert-alkyl or cyclic N) is 1. The molecule has 0 unspecified atom stereocenters. The van der Waals surface area contributed by atoms with Gasteiger partial charge in [-0.3, -0.25) is 9.69 Å². The number of rotatable bonds is 2. The zero-order valence-corrected chi connectivity index (χ0v) is 11.0. The SMILES string of the molecule is CN1C(=S)N(CCO)C(=O)/C1=C/C(C)(C)C. The molecule has 5 heteroatoms. The molecule has 1 rings (SSSR count). The van der Waals surface area contributed by atoms with E-state index in [-0.39, 0.29) is 24.5 Å². The Hall–Kier alpha value is -0.940. The Balaban J connectivity index is 3.03. The average Bonchev–Trinajstić information content (AvgIpc) is 2.33. The molecular formula is C11H18N2O2S. The molecule has 1 saturated heterocycles. The van der Waals surface area contributed by atoms with E-state index in [0.29, 0.717) is 10.8 Å². The molecule has 0 aromatic carbocycles. The number of carbonyl (C=O) groups excluding carboxylic acids is 1. The summed E-state index contributed by atoms with van der Waals surface area (Å²) in [5, 5.41) is 9.33. The van der Waals surface area contributed by atoms with Crippen molar-refractivity contribution >= 4 is 23.2 Å². The number of thiocarbonyl (C=S) groups is 1. The molecule has 0 aromatic heterocycles. The summed E-state index contributed by atoms with van der Waals surface area (Å²) < 4.78 is 0. The van der Waals surface area contributed by atoms with Gasteiger partial charge in [-0.05, 0) is 23.7 Å². The van der Waals surface area contributed by atoms with Gasteiger partial charge < -0.3 is 10.0 Å². The Morgan fingerprint density at radius 3 is 2.44 bits per heavy atom. The van der Waals surface area contributed by atoms with Crippen LogP contribution in [-0.2, 0) is 4.79 Å². The van der Waals surface area contributed by atoms with Crippen molar-refractivity contribution in [2.45, 2.75) is 20.8 Å². The van der Waals surface area contributed by atoms with Crippen LogP contribution in [0.2, 0.25) is 0 Å². The Morgan fingerprint density at radius 2 is 2.00 bits per heavy atom. The third-order valence-corrected chi connectivity index (χ3v) is 2.73. The van der Waals surface area contributed by atoms with Gasteiger partial charge in [0.15, 0.2) is 5.11 Å². The molecule has 4 nitrogen and oxygen atoms in total. The van der Waals surface area contributed by atoms with Crippen molar-refractivity contribution in [2.24, 2.45) is 5.41 Å². The molecule has 0 radical (unpaired) electrons. The largest absolute Gasteiger partial charge is 0.395 e. The van der Waals surface area contributed by atoms with E-state index >= 15 is 0 Å². The first-order chi connectivity index (χ1) is 7.28. The van der Waals surface area contributed by atoms with Crippen molar-refractivity contribution in [1.82, 2.24) is 9.80 Å². The van der Waals surface area contributed by atoms with Crippen molar-refractivity contribution in [1.29, 1.82) is 0 Å². The number of amides is 1. The molecule has 0 atom stereocenters. The fraction of sp³-hybridized carbons (Fsp3) is 0.636. The quantitative estimate of drug-likeness (QED) is 0.579. The maximum atomic E-state index is 12.0. The number of hydrogen-bond donors (Lipinski definition) is 1. The van der Waals surface area contributed by atoms with Crippen LogP contribution >= 0.6 is 12.2 Å². The van der Waals surface area contributed by atoms with E-state index in [0.717, 1.165) is 0 Å². The highest BCUT2D eigenvalue weighted by Gasteiger charge is 2.35. The van der Waals surface area contributed by atoms with Crippen LogP contribution in [0.5, 0.6) is 0 Å². The van der Waals surface area contributed by atoms with Crippen LogP contribution in [0.3, 0.4) is 0 Å². The van der Waals surface area contributed by atoms with E-state index in [1.165, 1.54) is 4.90 Å². The minimum absolute atomic E-state index is 0.0793. The second-order valence-electron chi connectivity index (χ2n) is 4.92. The van der Waals surface area contributed by atoms with Crippen molar-refractivity contribution in [3.8, 4) is 0 Å². The molecule has 0 bridgehead atoms. The molecule has 0 aromatic rings. The van der Waals surface area contributed by atoms with Gasteiger partial charge >= 0.3 is 0 Å². The van der Waals surface area contributed by atoms with Crippen molar-refractivity contribution < 1.29 is 9.90 Å². The zero-order chi connectivity index (χ0) is 12.5. The Labute approximate surface area is 102 Å². The molecule has 0 saturated carbocycles. The molecular weight excluding hydrogens is 224 g/mol. The van der Waals surface area contributed by atoms with Gasteiger partial charge in [-0.25, -0.2) is 0 Å². The molecule has 1 aliphatic heterocycles. The number of allylic oxidation sites excluding steroid dienone is 1. The lowest BCUT2D eigenvalue weighted by Crippen LogP contribution is -2.33. The number of carbonyl (C=O) groups is 1. The second kappa shape index (κ2) is 4.51. The number of nitrogens with zero attached hydrogens (tertiary/aromatic N) is 2. The van der Waals surface area contributed by atoms with Crippen LogP contribution in [0.15, 0.2) is 11.8 Å². The summed E-state index contributed by atoms with van der Waals surface area (Å²) in [5.41, 5.74) is 0.510. The van der Waals surface area contributed by atoms with Crippen molar-refractivity contribution in [3.05, 3.63) is 11.8 Å². The number of aliphatic hydroxyl groups is 1. The predicted molar refractivity (Wildman–Crippen MR) is 66.7 cm³/mol. The number of hydrogen-bond acceptors (Lipinski definition) is 3. The van der Waals surface area contributed by atoms with Crippen LogP contribution in [0.25, 0.3) is 0 Å². The van der Waals surface area contributed by atoms with Gasteiger partial charge in [0, 0.05) is 7.05 Å². The number of aliphatic hydroxyl groups excluding tert-OH is 1. The lowest BCUT2D eigenvalue weighted by molar-refractivity contribution is -0.123. The van der Waals surface area contributed by atoms with Crippen LogP contribution in [0.1, 0.15) is 20.8 Å². The standard InChI is InChI=1S/C11H18N2O2S/c1-11(2,3)7-8-9(15)13(5-6-14)10(16)12(8)4/h7,14H,5-6H2,1-4H3/b8-7-. The third-order valence-electron chi connectivity index (χ3n) is 2.24. The highest BCUT2D eigenvalue weighted by atomic mass is 32.1. The highest BCUT2D eigenvalue weighted by Crippen LogP contribution is 2.25. The van der Waals surface area contributed by atoms with Crippen LogP contribution in [0.4, 0.5) is 0 Å². The molecule has 0 aliphatic carbocycles. The van der Waals surface area contributed by atoms with E-state index in [1.807, 2.05) is 26.8 Å². The highest BCUT2D eigenvalue weighted by molar-refractivity contribution is 7.80. The van der Waals surface area contributed by atoms with Gasteiger partial charge in [-0.15, -0.1) is 0 Å². The Kier molecular flexibility index (Phi) is 3.70. The normalized spacial score (nSPS) is 20.2. The minimum atomic E-state index is -0.128. The maximum absolute atomic E-state index is 12.0. The molecule has 1 N–H and O–H groups in total. The third kappa shape index (κ3) is 2.59. The van der Waals surface area contributed by atoms with Crippen LogP contribution < -0.4 is 0 Å². The maximum Gasteiger partial charge on any atom is 0.276 e. The zero-order valence-electron chi connectivity index (χ0n) is 10.1. The lowest BCUT2D eigenvalue weighted by atomic mass is 9.95. The van der Waals surface area contributed by atoms with E-state index < -0.39 is 0 Å². The fourth-order valence-electron chi connectivity index (χ4n) is 1.52. The van der Waals surface area contributed by atoms with E-state index in [1.54, 1.807) is 11.9 Å². The molecule has 1 amide bonds. The van der Waals surface area contributed by atoms with E-state index in [4.69, 9.17) is 17.3 Å². The summed E-state index contributed by atoms with van der Waals surface area (Å²) in [6, 6.07) is 0. The predicted octanol–water partition coefficient (Wildman–Crippen LogP) is 0.968. The van der Waals surface area contributed by atoms with Gasteiger partial charge in [-0.2, -0.15) is 0 Å². The van der Waals surface area contributed by atoms with Crippen molar-refractivity contribution in [3.63, 3.8) is 0 Å². The molecule has 1 fully saturated rings. The molecule has 0 spiro atoms. The van der Waals surface area contributed by atoms with Gasteiger partial charge in [0.25, 0.3) is 5.91 Å². The summed E-state index contributed by atoms with van der Waals surface area (Å²) in [5.74, 6) is -0.128.